The lowest BCUT2D eigenvalue weighted by atomic mass is 9.80. The van der Waals surface area contributed by atoms with Gasteiger partial charge >= 0.3 is 0 Å². The van der Waals surface area contributed by atoms with Gasteiger partial charge in [-0.05, 0) is 49.4 Å². The minimum Gasteiger partial charge on any atom is -0.387 e. The van der Waals surface area contributed by atoms with E-state index >= 15 is 0 Å². The van der Waals surface area contributed by atoms with Gasteiger partial charge in [0.25, 0.3) is 0 Å². The van der Waals surface area contributed by atoms with Gasteiger partial charge in [-0.25, -0.2) is 4.39 Å². The number of hydrogen-bond acceptors (Lipinski definition) is 3. The molecule has 0 spiro atoms. The molecule has 0 heterocycles. The number of amides is 1. The number of carbonyl (C=O) groups is 1. The number of rotatable bonds is 7. The Labute approximate surface area is 143 Å². The third-order valence-corrected chi connectivity index (χ3v) is 4.90. The fourth-order valence-corrected chi connectivity index (χ4v) is 3.46. The summed E-state index contributed by atoms with van der Waals surface area (Å²) in [4.78, 5) is 12.6. The number of β-amino-alcohol motifs (C(OH)–C–C–N with tert-alkyl or cyclic N) is 1. The molecule has 5 heteroatoms. The fraction of sp³-hybridized carbons (Fsp3) is 0.632. The zero-order chi connectivity index (χ0) is 17.6. The number of halogens is 1. The topological polar surface area (TPSA) is 61.4 Å². The van der Waals surface area contributed by atoms with Crippen LogP contribution in [-0.4, -0.2) is 29.6 Å². The van der Waals surface area contributed by atoms with Crippen molar-refractivity contribution < 1.29 is 14.3 Å². The summed E-state index contributed by atoms with van der Waals surface area (Å²) in [6, 6.07) is 4.39. The third kappa shape index (κ3) is 4.54. The molecular weight excluding hydrogens is 307 g/mol. The van der Waals surface area contributed by atoms with Crippen LogP contribution >= 0.6 is 0 Å². The summed E-state index contributed by atoms with van der Waals surface area (Å²) in [6.45, 7) is 4.77. The summed E-state index contributed by atoms with van der Waals surface area (Å²) in [7, 11) is 0. The molecule has 1 aromatic rings. The van der Waals surface area contributed by atoms with Crippen LogP contribution in [0.1, 0.15) is 62.7 Å². The first-order valence-electron chi connectivity index (χ1n) is 8.96. The van der Waals surface area contributed by atoms with Crippen molar-refractivity contribution in [2.45, 2.75) is 64.0 Å². The van der Waals surface area contributed by atoms with E-state index in [1.165, 1.54) is 12.1 Å². The first-order chi connectivity index (χ1) is 11.5. The van der Waals surface area contributed by atoms with Crippen molar-refractivity contribution in [2.24, 2.45) is 0 Å². The molecule has 0 radical (unpaired) electrons. The van der Waals surface area contributed by atoms with Crippen molar-refractivity contribution in [1.82, 2.24) is 10.6 Å². The van der Waals surface area contributed by atoms with Crippen molar-refractivity contribution in [3.05, 3.63) is 35.1 Å². The van der Waals surface area contributed by atoms with Gasteiger partial charge in [0.15, 0.2) is 0 Å². The SMILES string of the molecule is CCCNC(=O)C1(NCC(O)c2ccc(F)cc2C)CCCCC1. The second-order valence-corrected chi connectivity index (χ2v) is 6.80. The molecule has 1 aliphatic carbocycles. The minimum atomic E-state index is -0.761. The van der Waals surface area contributed by atoms with E-state index in [2.05, 4.69) is 10.6 Å². The highest BCUT2D eigenvalue weighted by Crippen LogP contribution is 2.29. The van der Waals surface area contributed by atoms with Gasteiger partial charge in [0.2, 0.25) is 5.91 Å². The van der Waals surface area contributed by atoms with Crippen molar-refractivity contribution in [3.63, 3.8) is 0 Å². The van der Waals surface area contributed by atoms with Gasteiger partial charge in [0.05, 0.1) is 11.6 Å². The van der Waals surface area contributed by atoms with E-state index in [9.17, 15) is 14.3 Å². The largest absolute Gasteiger partial charge is 0.387 e. The molecule has 0 bridgehead atoms. The zero-order valence-electron chi connectivity index (χ0n) is 14.7. The molecule has 2 rings (SSSR count). The number of hydrogen-bond donors (Lipinski definition) is 3. The summed E-state index contributed by atoms with van der Waals surface area (Å²) < 4.78 is 13.2. The normalized spacial score (nSPS) is 18.2. The highest BCUT2D eigenvalue weighted by atomic mass is 19.1. The second-order valence-electron chi connectivity index (χ2n) is 6.80. The Morgan fingerprint density at radius 2 is 2.04 bits per heavy atom. The zero-order valence-corrected chi connectivity index (χ0v) is 14.7. The lowest BCUT2D eigenvalue weighted by molar-refractivity contribution is -0.129. The molecule has 4 nitrogen and oxygen atoms in total. The highest BCUT2D eigenvalue weighted by Gasteiger charge is 2.39. The van der Waals surface area contributed by atoms with E-state index in [-0.39, 0.29) is 18.3 Å². The molecule has 1 atom stereocenters. The van der Waals surface area contributed by atoms with Gasteiger partial charge in [0, 0.05) is 13.1 Å². The molecule has 3 N–H and O–H groups in total. The van der Waals surface area contributed by atoms with Crippen molar-refractivity contribution in [1.29, 1.82) is 0 Å². The summed E-state index contributed by atoms with van der Waals surface area (Å²) >= 11 is 0. The molecule has 0 saturated heterocycles. The van der Waals surface area contributed by atoms with Crippen LogP contribution in [-0.2, 0) is 4.79 Å². The molecule has 134 valence electrons. The molecular formula is C19H29FN2O2. The molecule has 0 aliphatic heterocycles. The van der Waals surface area contributed by atoms with E-state index in [4.69, 9.17) is 0 Å². The van der Waals surface area contributed by atoms with Crippen LogP contribution in [0.3, 0.4) is 0 Å². The Kier molecular flexibility index (Phi) is 6.75. The molecule has 24 heavy (non-hydrogen) atoms. The lowest BCUT2D eigenvalue weighted by Crippen LogP contribution is -2.58. The first kappa shape index (κ1) is 18.9. The molecule has 1 fully saturated rings. The van der Waals surface area contributed by atoms with Crippen LogP contribution in [0, 0.1) is 12.7 Å². The van der Waals surface area contributed by atoms with E-state index in [1.807, 2.05) is 6.92 Å². The Hall–Kier alpha value is -1.46. The summed E-state index contributed by atoms with van der Waals surface area (Å²) in [5.74, 6) is -0.272. The van der Waals surface area contributed by atoms with Crippen molar-refractivity contribution >= 4 is 5.91 Å². The molecule has 1 amide bonds. The molecule has 0 aromatic heterocycles. The first-order valence-corrected chi connectivity index (χ1v) is 8.96. The van der Waals surface area contributed by atoms with Crippen LogP contribution in [0.4, 0.5) is 4.39 Å². The van der Waals surface area contributed by atoms with E-state index in [0.717, 1.165) is 44.1 Å². The summed E-state index contributed by atoms with van der Waals surface area (Å²) in [5, 5.41) is 16.8. The number of benzene rings is 1. The number of nitrogens with one attached hydrogen (secondary N) is 2. The van der Waals surface area contributed by atoms with Gasteiger partial charge in [0.1, 0.15) is 5.82 Å². The van der Waals surface area contributed by atoms with Gasteiger partial charge in [-0.2, -0.15) is 0 Å². The van der Waals surface area contributed by atoms with Gasteiger partial charge in [-0.15, -0.1) is 0 Å². The van der Waals surface area contributed by atoms with Crippen LogP contribution in [0.15, 0.2) is 18.2 Å². The standard InChI is InChI=1S/C19H29FN2O2/c1-3-11-21-18(24)19(9-5-4-6-10-19)22-13-17(23)16-8-7-15(20)12-14(16)2/h7-8,12,17,22-23H,3-6,9-11,13H2,1-2H3,(H,21,24). The number of aliphatic hydroxyl groups excluding tert-OH is 1. The second kappa shape index (κ2) is 8.58. The number of aliphatic hydroxyl groups is 1. The molecule has 1 aliphatic rings. The van der Waals surface area contributed by atoms with Crippen molar-refractivity contribution in [3.8, 4) is 0 Å². The fourth-order valence-electron chi connectivity index (χ4n) is 3.46. The highest BCUT2D eigenvalue weighted by molar-refractivity contribution is 5.86. The minimum absolute atomic E-state index is 0.0343. The Morgan fingerprint density at radius 1 is 1.33 bits per heavy atom. The predicted molar refractivity (Wildman–Crippen MR) is 93.2 cm³/mol. The van der Waals surface area contributed by atoms with Crippen LogP contribution in [0.5, 0.6) is 0 Å². The summed E-state index contributed by atoms with van der Waals surface area (Å²) in [5.41, 5.74) is 0.823. The number of aryl methyl sites for hydroxylation is 1. The van der Waals surface area contributed by atoms with Crippen LogP contribution < -0.4 is 10.6 Å². The quantitative estimate of drug-likeness (QED) is 0.717. The Balaban J connectivity index is 2.05. The Bertz CT molecular complexity index is 556. The van der Waals surface area contributed by atoms with Crippen LogP contribution in [0.2, 0.25) is 0 Å². The maximum atomic E-state index is 13.2. The van der Waals surface area contributed by atoms with E-state index in [0.29, 0.717) is 12.1 Å². The maximum absolute atomic E-state index is 13.2. The maximum Gasteiger partial charge on any atom is 0.240 e. The monoisotopic (exact) mass is 336 g/mol. The Morgan fingerprint density at radius 3 is 2.67 bits per heavy atom. The summed E-state index contributed by atoms with van der Waals surface area (Å²) in [6.07, 6.45) is 4.89. The number of carbonyl (C=O) groups excluding carboxylic acids is 1. The lowest BCUT2D eigenvalue weighted by Gasteiger charge is -2.37. The van der Waals surface area contributed by atoms with Gasteiger partial charge in [-0.3, -0.25) is 4.79 Å². The third-order valence-electron chi connectivity index (χ3n) is 4.90. The van der Waals surface area contributed by atoms with Gasteiger partial charge in [-0.1, -0.05) is 32.3 Å². The van der Waals surface area contributed by atoms with Crippen molar-refractivity contribution in [2.75, 3.05) is 13.1 Å². The molecule has 1 saturated carbocycles. The average Bonchev–Trinajstić information content (AvgIpc) is 2.58. The van der Waals surface area contributed by atoms with E-state index < -0.39 is 11.6 Å². The smallest absolute Gasteiger partial charge is 0.240 e. The van der Waals surface area contributed by atoms with Crippen LogP contribution in [0.25, 0.3) is 0 Å². The molecule has 1 aromatic carbocycles. The van der Waals surface area contributed by atoms with E-state index in [1.54, 1.807) is 13.0 Å². The molecule has 1 unspecified atom stereocenters. The van der Waals surface area contributed by atoms with Gasteiger partial charge < -0.3 is 15.7 Å². The predicted octanol–water partition coefficient (Wildman–Crippen LogP) is 2.99. The average molecular weight is 336 g/mol.